The second-order valence-electron chi connectivity index (χ2n) is 8.58. The van der Waals surface area contributed by atoms with Crippen LogP contribution >= 0.6 is 17.0 Å². The van der Waals surface area contributed by atoms with Crippen LogP contribution in [0.25, 0.3) is 21.5 Å². The van der Waals surface area contributed by atoms with Gasteiger partial charge in [-0.15, -0.1) is 81.2 Å². The zero-order chi connectivity index (χ0) is 24.0. The van der Waals surface area contributed by atoms with E-state index >= 15 is 0 Å². The molecule has 0 saturated heterocycles. The summed E-state index contributed by atoms with van der Waals surface area (Å²) in [6.45, 7) is 10.7. The first-order valence-corrected chi connectivity index (χ1v) is 23.1. The molecule has 0 heterocycles. The van der Waals surface area contributed by atoms with Crippen molar-refractivity contribution < 1.29 is 18.0 Å². The molecule has 0 nitrogen and oxygen atoms in total. The van der Waals surface area contributed by atoms with Crippen molar-refractivity contribution in [1.82, 2.24) is 0 Å². The van der Waals surface area contributed by atoms with E-state index in [9.17, 15) is 0 Å². The average molecular weight is 569 g/mol. The third-order valence-corrected chi connectivity index (χ3v) is 23.6. The number of rotatable bonds is 1. The number of fused-ring (bicyclic) bond motifs is 2. The Bertz CT molecular complexity index is 1300. The van der Waals surface area contributed by atoms with Crippen LogP contribution in [0.1, 0.15) is 22.3 Å². The fourth-order valence-corrected chi connectivity index (χ4v) is 11.4. The van der Waals surface area contributed by atoms with E-state index in [1.807, 2.05) is 18.2 Å². The maximum Gasteiger partial charge on any atom is -0.0414 e. The minimum absolute atomic E-state index is 0.557. The molecule has 0 aromatic heterocycles. The second kappa shape index (κ2) is 12.3. The third-order valence-electron chi connectivity index (χ3n) is 5.51. The Morgan fingerprint density at radius 3 is 1.52 bits per heavy atom. The van der Waals surface area contributed by atoms with Crippen LogP contribution in [0, 0.1) is 27.7 Å². The molecule has 4 heteroatoms. The molecule has 170 valence electrons. The van der Waals surface area contributed by atoms with E-state index in [4.69, 9.17) is 17.0 Å². The minimum Gasteiger partial charge on any atom is -0.165 e. The van der Waals surface area contributed by atoms with Gasteiger partial charge in [-0.3, -0.25) is 0 Å². The van der Waals surface area contributed by atoms with Crippen molar-refractivity contribution in [2.24, 2.45) is 0 Å². The quantitative estimate of drug-likeness (QED) is 0.140. The van der Waals surface area contributed by atoms with Crippen LogP contribution in [0.15, 0.2) is 91.0 Å². The van der Waals surface area contributed by atoms with E-state index in [2.05, 4.69) is 107 Å². The predicted octanol–water partition coefficient (Wildman–Crippen LogP) is 8.79. The zero-order valence-corrected chi connectivity index (χ0v) is 24.9. The van der Waals surface area contributed by atoms with E-state index in [0.717, 1.165) is 0 Å². The van der Waals surface area contributed by atoms with Crippen LogP contribution in [-0.4, -0.2) is 5.43 Å². The van der Waals surface area contributed by atoms with Gasteiger partial charge in [-0.05, 0) is 13.8 Å². The van der Waals surface area contributed by atoms with Gasteiger partial charge in [0.05, 0.1) is 0 Å². The topological polar surface area (TPSA) is 0 Å². The predicted molar refractivity (Wildman–Crippen MR) is 147 cm³/mol. The van der Waals surface area contributed by atoms with Crippen LogP contribution in [0.4, 0.5) is 0 Å². The molecular formula is C29H30Cl2SiZr-2. The van der Waals surface area contributed by atoms with Crippen LogP contribution in [-0.2, 0) is 18.0 Å². The maximum absolute atomic E-state index is 5.97. The first-order valence-electron chi connectivity index (χ1n) is 11.1. The van der Waals surface area contributed by atoms with Crippen molar-refractivity contribution >= 4 is 49.2 Å². The van der Waals surface area contributed by atoms with Gasteiger partial charge in [0.1, 0.15) is 0 Å². The third kappa shape index (κ3) is 7.79. The van der Waals surface area contributed by atoms with Crippen molar-refractivity contribution in [3.63, 3.8) is 0 Å². The van der Waals surface area contributed by atoms with Crippen LogP contribution in [0.3, 0.4) is 0 Å². The molecule has 0 aliphatic rings. The molecule has 0 saturated carbocycles. The van der Waals surface area contributed by atoms with Gasteiger partial charge in [0.25, 0.3) is 0 Å². The molecule has 0 aliphatic heterocycles. The van der Waals surface area contributed by atoms with Gasteiger partial charge in [0, 0.05) is 0 Å². The molecular weight excluding hydrogens is 539 g/mol. The molecule has 5 aromatic rings. The van der Waals surface area contributed by atoms with Gasteiger partial charge in [-0.2, -0.15) is 12.1 Å². The summed E-state index contributed by atoms with van der Waals surface area (Å²) >= 11 is -1.95. The van der Waals surface area contributed by atoms with Gasteiger partial charge in [0.15, 0.2) is 0 Å². The van der Waals surface area contributed by atoms with Gasteiger partial charge in [-0.1, -0.05) is 25.0 Å². The molecule has 0 unspecified atom stereocenters. The normalized spacial score (nSPS) is 10.3. The Labute approximate surface area is 213 Å². The largest absolute Gasteiger partial charge is 0.165 e. The number of hydrogen-bond donors (Lipinski definition) is 0. The van der Waals surface area contributed by atoms with Crippen molar-refractivity contribution in [1.29, 1.82) is 0 Å². The minimum atomic E-state index is -1.95. The van der Waals surface area contributed by atoms with E-state index in [0.29, 0.717) is 0 Å². The molecule has 0 aliphatic carbocycles. The SMILES string of the molecule is C[Si](c1ccccc1)=[Zr]([Cl])[Cl].Cc1ccc2[cH-]c(C)cc2c1.Cc1ccc2[cH-]c(C)cc2c1. The smallest absolute Gasteiger partial charge is 0.0414 e. The molecule has 0 amide bonds. The van der Waals surface area contributed by atoms with Crippen LogP contribution in [0.2, 0.25) is 6.55 Å². The summed E-state index contributed by atoms with van der Waals surface area (Å²) in [7, 11) is 11.9. The first-order chi connectivity index (χ1) is 15.7. The fraction of sp³-hybridized carbons (Fsp3) is 0.172. The summed E-state index contributed by atoms with van der Waals surface area (Å²) in [5.74, 6) is 0. The van der Waals surface area contributed by atoms with Crippen LogP contribution < -0.4 is 5.19 Å². The Hall–Kier alpha value is -1.44. The Morgan fingerprint density at radius 1 is 0.636 bits per heavy atom. The summed E-state index contributed by atoms with van der Waals surface area (Å²) in [5.41, 5.74) is 4.82. The molecule has 0 atom stereocenters. The summed E-state index contributed by atoms with van der Waals surface area (Å²) in [4.78, 5) is 0. The summed E-state index contributed by atoms with van der Waals surface area (Å²) in [6.07, 6.45) is 0. The molecule has 5 aromatic carbocycles. The summed E-state index contributed by atoms with van der Waals surface area (Å²) in [6, 6.07) is 32.4. The number of benzene rings is 3. The molecule has 0 fully saturated rings. The Balaban J connectivity index is 0.000000139. The van der Waals surface area contributed by atoms with Gasteiger partial charge in [-0.25, -0.2) is 0 Å². The van der Waals surface area contributed by atoms with Crippen molar-refractivity contribution in [3.8, 4) is 0 Å². The maximum atomic E-state index is 5.97. The van der Waals surface area contributed by atoms with Crippen molar-refractivity contribution in [2.45, 2.75) is 34.2 Å². The Morgan fingerprint density at radius 2 is 1.09 bits per heavy atom. The zero-order valence-electron chi connectivity index (χ0n) is 19.9. The van der Waals surface area contributed by atoms with E-state index in [1.54, 1.807) is 0 Å². The van der Waals surface area contributed by atoms with Crippen molar-refractivity contribution in [3.05, 3.63) is 113 Å². The van der Waals surface area contributed by atoms with Crippen molar-refractivity contribution in [2.75, 3.05) is 0 Å². The molecule has 0 spiro atoms. The standard InChI is InChI=1S/2C11H11.C7H8Si.2ClH.Zr/c2*1-8-3-4-10-6-9(2)7-11(10)5-8;1-8-7-5-3-2-4-6-7;;;/h2*3-7H,1-2H3;2-6H,1H3;2*1H;/q2*-1;;;;+2/p-2. The summed E-state index contributed by atoms with van der Waals surface area (Å²) < 4.78 is 0. The van der Waals surface area contributed by atoms with Crippen LogP contribution in [0.5, 0.6) is 0 Å². The van der Waals surface area contributed by atoms with E-state index < -0.39 is 23.4 Å². The average Bonchev–Trinajstić information content (AvgIpc) is 3.34. The van der Waals surface area contributed by atoms with Gasteiger partial charge < -0.3 is 0 Å². The molecule has 0 radical (unpaired) electrons. The fourth-order valence-electron chi connectivity index (χ4n) is 3.76. The second-order valence-corrected chi connectivity index (χ2v) is 29.5. The van der Waals surface area contributed by atoms with Gasteiger partial charge >= 0.3 is 82.5 Å². The number of aryl methyl sites for hydroxylation is 4. The van der Waals surface area contributed by atoms with Gasteiger partial charge in [0.2, 0.25) is 0 Å². The number of hydrogen-bond acceptors (Lipinski definition) is 0. The van der Waals surface area contributed by atoms with E-state index in [1.165, 1.54) is 49.0 Å². The number of halogens is 2. The van der Waals surface area contributed by atoms with E-state index in [-0.39, 0.29) is 0 Å². The first kappa shape index (κ1) is 26.2. The molecule has 33 heavy (non-hydrogen) atoms. The molecule has 0 bridgehead atoms. The molecule has 0 N–H and O–H groups in total. The summed E-state index contributed by atoms with van der Waals surface area (Å²) in [5, 5.41) is 6.81. The molecule has 5 rings (SSSR count). The Kier molecular flexibility index (Phi) is 9.77. The monoisotopic (exact) mass is 566 g/mol.